The molecular formula is C24H32ClN3O4S2. The Balaban J connectivity index is 0.00000408. The fraction of sp³-hybridized carbons (Fsp3) is 0.417. The quantitative estimate of drug-likeness (QED) is 0.388. The number of ether oxygens (including phenoxy) is 1. The van der Waals surface area contributed by atoms with Crippen LogP contribution in [-0.2, 0) is 14.6 Å². The molecule has 0 aliphatic heterocycles. The summed E-state index contributed by atoms with van der Waals surface area (Å²) in [5, 5.41) is 0.564. The number of hydrogen-bond donors (Lipinski definition) is 0. The molecule has 1 aromatic heterocycles. The zero-order valence-corrected chi connectivity index (χ0v) is 22.6. The van der Waals surface area contributed by atoms with Crippen LogP contribution in [0.4, 0.5) is 5.13 Å². The molecular weight excluding hydrogens is 494 g/mol. The summed E-state index contributed by atoms with van der Waals surface area (Å²) in [6.07, 6.45) is 0.639. The SMILES string of the molecule is COc1ccc(C)c2sc(N(CCCN(C)C)C(=O)CCS(=O)(=O)c3ccc(C)cc3)nc12.Cl. The van der Waals surface area contributed by atoms with Crippen molar-refractivity contribution in [2.75, 3.05) is 44.9 Å². The zero-order valence-electron chi connectivity index (χ0n) is 20.2. The number of aromatic nitrogens is 1. The summed E-state index contributed by atoms with van der Waals surface area (Å²) in [7, 11) is 2.00. The Bertz CT molecular complexity index is 1220. The molecule has 186 valence electrons. The van der Waals surface area contributed by atoms with E-state index in [-0.39, 0.29) is 35.4 Å². The minimum atomic E-state index is -3.56. The van der Waals surface area contributed by atoms with Gasteiger partial charge in [0.2, 0.25) is 5.91 Å². The van der Waals surface area contributed by atoms with Crippen LogP contribution in [0.2, 0.25) is 0 Å². The van der Waals surface area contributed by atoms with Gasteiger partial charge in [0.1, 0.15) is 11.3 Å². The number of methoxy groups -OCH3 is 1. The number of carbonyl (C=O) groups is 1. The van der Waals surface area contributed by atoms with Crippen molar-refractivity contribution < 1.29 is 17.9 Å². The van der Waals surface area contributed by atoms with Gasteiger partial charge in [-0.1, -0.05) is 35.1 Å². The van der Waals surface area contributed by atoms with Gasteiger partial charge in [0.15, 0.2) is 15.0 Å². The van der Waals surface area contributed by atoms with Gasteiger partial charge in [0.05, 0.1) is 22.5 Å². The van der Waals surface area contributed by atoms with Gasteiger partial charge >= 0.3 is 0 Å². The minimum Gasteiger partial charge on any atom is -0.494 e. The fourth-order valence-electron chi connectivity index (χ4n) is 3.47. The van der Waals surface area contributed by atoms with Crippen molar-refractivity contribution in [2.45, 2.75) is 31.6 Å². The molecule has 0 bridgehead atoms. The van der Waals surface area contributed by atoms with E-state index in [0.717, 1.165) is 34.3 Å². The van der Waals surface area contributed by atoms with Crippen LogP contribution in [0.25, 0.3) is 10.2 Å². The Morgan fingerprint density at radius 3 is 2.35 bits per heavy atom. The maximum absolute atomic E-state index is 13.3. The number of halogens is 1. The van der Waals surface area contributed by atoms with E-state index in [1.165, 1.54) is 11.3 Å². The summed E-state index contributed by atoms with van der Waals surface area (Å²) >= 11 is 1.43. The Hall–Kier alpha value is -2.20. The Morgan fingerprint density at radius 1 is 1.06 bits per heavy atom. The van der Waals surface area contributed by atoms with E-state index in [9.17, 15) is 13.2 Å². The number of thiazole rings is 1. The van der Waals surface area contributed by atoms with Gasteiger partial charge in [-0.3, -0.25) is 9.69 Å². The highest BCUT2D eigenvalue weighted by molar-refractivity contribution is 7.91. The molecule has 10 heteroatoms. The molecule has 0 spiro atoms. The van der Waals surface area contributed by atoms with Gasteiger partial charge in [0, 0.05) is 13.0 Å². The molecule has 0 fully saturated rings. The van der Waals surface area contributed by atoms with E-state index in [4.69, 9.17) is 9.72 Å². The van der Waals surface area contributed by atoms with E-state index in [0.29, 0.717) is 17.4 Å². The summed E-state index contributed by atoms with van der Waals surface area (Å²) in [6, 6.07) is 10.5. The lowest BCUT2D eigenvalue weighted by molar-refractivity contribution is -0.118. The normalized spacial score (nSPS) is 11.5. The third-order valence-electron chi connectivity index (χ3n) is 5.40. The maximum Gasteiger partial charge on any atom is 0.229 e. The second kappa shape index (κ2) is 12.0. The number of nitrogens with zero attached hydrogens (tertiary/aromatic N) is 3. The van der Waals surface area contributed by atoms with Crippen LogP contribution in [0, 0.1) is 13.8 Å². The number of anilines is 1. The lowest BCUT2D eigenvalue weighted by Gasteiger charge is -2.21. The Morgan fingerprint density at radius 2 is 1.74 bits per heavy atom. The standard InChI is InChI=1S/C24H31N3O4S2.ClH/c1-17-7-10-19(11-8-17)33(29,30)16-13-21(28)27(15-6-14-26(3)4)24-25-22-20(31-5)12-9-18(2)23(22)32-24;/h7-12H,6,13-16H2,1-5H3;1H. The number of aryl methyl sites for hydroxylation is 2. The number of benzene rings is 2. The van der Waals surface area contributed by atoms with E-state index >= 15 is 0 Å². The summed E-state index contributed by atoms with van der Waals surface area (Å²) in [5.74, 6) is 0.160. The van der Waals surface area contributed by atoms with E-state index in [2.05, 4.69) is 4.90 Å². The van der Waals surface area contributed by atoms with E-state index in [1.54, 1.807) is 36.3 Å². The summed E-state index contributed by atoms with van der Waals surface area (Å²) < 4.78 is 32.0. The molecule has 0 radical (unpaired) electrons. The zero-order chi connectivity index (χ0) is 24.2. The van der Waals surface area contributed by atoms with Crippen LogP contribution in [-0.4, -0.2) is 64.3 Å². The lowest BCUT2D eigenvalue weighted by atomic mass is 10.2. The van der Waals surface area contributed by atoms with Crippen molar-refractivity contribution in [1.29, 1.82) is 0 Å². The first-order valence-corrected chi connectivity index (χ1v) is 13.3. The van der Waals surface area contributed by atoms with Gasteiger partial charge in [0.25, 0.3) is 0 Å². The minimum absolute atomic E-state index is 0. The third-order valence-corrected chi connectivity index (χ3v) is 8.34. The van der Waals surface area contributed by atoms with Crippen LogP contribution in [0.15, 0.2) is 41.3 Å². The van der Waals surface area contributed by atoms with E-state index < -0.39 is 9.84 Å². The van der Waals surface area contributed by atoms with Crippen molar-refractivity contribution in [1.82, 2.24) is 9.88 Å². The van der Waals surface area contributed by atoms with Gasteiger partial charge < -0.3 is 9.64 Å². The number of amides is 1. The largest absolute Gasteiger partial charge is 0.494 e. The molecule has 0 saturated heterocycles. The van der Waals surface area contributed by atoms with Crippen molar-refractivity contribution in [2.24, 2.45) is 0 Å². The molecule has 34 heavy (non-hydrogen) atoms. The first-order chi connectivity index (χ1) is 15.6. The molecule has 2 aromatic carbocycles. The molecule has 3 rings (SSSR count). The van der Waals surface area contributed by atoms with Crippen LogP contribution in [0.3, 0.4) is 0 Å². The molecule has 0 aliphatic rings. The topological polar surface area (TPSA) is 79.8 Å². The van der Waals surface area contributed by atoms with Crippen molar-refractivity contribution in [3.05, 3.63) is 47.5 Å². The van der Waals surface area contributed by atoms with Gasteiger partial charge in [-0.2, -0.15) is 0 Å². The molecule has 0 saturated carbocycles. The maximum atomic E-state index is 13.3. The average molecular weight is 526 g/mol. The molecule has 0 N–H and O–H groups in total. The molecule has 0 unspecified atom stereocenters. The van der Waals surface area contributed by atoms with E-state index in [1.807, 2.05) is 40.1 Å². The highest BCUT2D eigenvalue weighted by atomic mass is 35.5. The van der Waals surface area contributed by atoms with Crippen LogP contribution in [0.5, 0.6) is 5.75 Å². The first kappa shape index (κ1) is 28.0. The van der Waals surface area contributed by atoms with Crippen LogP contribution < -0.4 is 9.64 Å². The second-order valence-electron chi connectivity index (χ2n) is 8.34. The summed E-state index contributed by atoms with van der Waals surface area (Å²) in [5.41, 5.74) is 2.76. The lowest BCUT2D eigenvalue weighted by Crippen LogP contribution is -2.34. The number of fused-ring (bicyclic) bond motifs is 1. The third kappa shape index (κ3) is 6.69. The van der Waals surface area contributed by atoms with Gasteiger partial charge in [-0.05, 0) is 64.7 Å². The molecule has 0 aliphatic carbocycles. The van der Waals surface area contributed by atoms with Gasteiger partial charge in [-0.25, -0.2) is 13.4 Å². The smallest absolute Gasteiger partial charge is 0.229 e. The fourth-order valence-corrected chi connectivity index (χ4v) is 5.80. The number of sulfone groups is 1. The highest BCUT2D eigenvalue weighted by Gasteiger charge is 2.24. The Labute approximate surface area is 212 Å². The monoisotopic (exact) mass is 525 g/mol. The first-order valence-electron chi connectivity index (χ1n) is 10.8. The molecule has 0 atom stereocenters. The molecule has 3 aromatic rings. The van der Waals surface area contributed by atoms with Crippen LogP contribution >= 0.6 is 23.7 Å². The van der Waals surface area contributed by atoms with Crippen LogP contribution in [0.1, 0.15) is 24.0 Å². The summed E-state index contributed by atoms with van der Waals surface area (Å²) in [4.78, 5) is 21.9. The molecule has 7 nitrogen and oxygen atoms in total. The number of hydrogen-bond acceptors (Lipinski definition) is 7. The molecule has 1 heterocycles. The highest BCUT2D eigenvalue weighted by Crippen LogP contribution is 2.36. The number of carbonyl (C=O) groups excluding carboxylic acids is 1. The van der Waals surface area contributed by atoms with Crippen molar-refractivity contribution >= 4 is 54.8 Å². The predicted molar refractivity (Wildman–Crippen MR) is 142 cm³/mol. The molecule has 1 amide bonds. The van der Waals surface area contributed by atoms with Gasteiger partial charge in [-0.15, -0.1) is 12.4 Å². The summed E-state index contributed by atoms with van der Waals surface area (Å²) in [6.45, 7) is 5.16. The van der Waals surface area contributed by atoms with Crippen molar-refractivity contribution in [3.63, 3.8) is 0 Å². The Kier molecular flexibility index (Phi) is 9.87. The number of rotatable bonds is 10. The van der Waals surface area contributed by atoms with Crippen molar-refractivity contribution in [3.8, 4) is 5.75 Å². The second-order valence-corrected chi connectivity index (χ2v) is 11.4. The predicted octanol–water partition coefficient (Wildman–Crippen LogP) is 4.49. The average Bonchev–Trinajstić information content (AvgIpc) is 3.21.